The number of aromatic nitrogens is 2. The van der Waals surface area contributed by atoms with Crippen LogP contribution in [0.4, 0.5) is 10.1 Å². The Bertz CT molecular complexity index is 1510. The molecular weight excluding hydrogens is 515 g/mol. The van der Waals surface area contributed by atoms with E-state index in [1.165, 1.54) is 12.1 Å². The van der Waals surface area contributed by atoms with Gasteiger partial charge in [-0.3, -0.25) is 14.2 Å². The van der Waals surface area contributed by atoms with Crippen LogP contribution in [0.1, 0.15) is 32.0 Å². The molecule has 0 N–H and O–H groups in total. The Kier molecular flexibility index (Phi) is 8.27. The van der Waals surface area contributed by atoms with Crippen molar-refractivity contribution in [3.05, 3.63) is 99.8 Å². The van der Waals surface area contributed by atoms with E-state index in [0.29, 0.717) is 66.5 Å². The Morgan fingerprint density at radius 3 is 2.44 bits per heavy atom. The first-order chi connectivity index (χ1) is 18.9. The number of unbranched alkanes of at least 4 members (excludes halogenated alkanes) is 1. The molecule has 1 saturated heterocycles. The molecule has 1 fully saturated rings. The topological polar surface area (TPSA) is 58.4 Å². The highest BCUT2D eigenvalue weighted by molar-refractivity contribution is 6.30. The second kappa shape index (κ2) is 12.0. The number of anilines is 1. The third-order valence-corrected chi connectivity index (χ3v) is 7.61. The van der Waals surface area contributed by atoms with Crippen LogP contribution in [-0.4, -0.2) is 46.5 Å². The lowest BCUT2D eigenvalue weighted by Crippen LogP contribution is -2.50. The Labute approximate surface area is 232 Å². The fourth-order valence-corrected chi connectivity index (χ4v) is 5.46. The van der Waals surface area contributed by atoms with Crippen molar-refractivity contribution in [3.8, 4) is 5.69 Å². The maximum Gasteiger partial charge on any atom is 0.265 e. The number of piperazine rings is 1. The number of nitrogens with zero attached hydrogens (tertiary/aromatic N) is 4. The molecular formula is C31H32ClFN4O2. The number of rotatable bonds is 8. The number of para-hydroxylation sites is 1. The van der Waals surface area contributed by atoms with Crippen LogP contribution in [0.5, 0.6) is 0 Å². The van der Waals surface area contributed by atoms with E-state index in [-0.39, 0.29) is 23.2 Å². The SMILES string of the molecule is CCCCC(Cc1nc2ccccc2c(=O)n1-c1cccc(Cl)c1)C(=O)N1CCN(c2ccc(F)cc2)CC1. The summed E-state index contributed by atoms with van der Waals surface area (Å²) in [5, 5.41) is 1.05. The van der Waals surface area contributed by atoms with Gasteiger partial charge in [0.15, 0.2) is 0 Å². The van der Waals surface area contributed by atoms with Crippen LogP contribution < -0.4 is 10.5 Å². The number of hydrogen-bond acceptors (Lipinski definition) is 4. The highest BCUT2D eigenvalue weighted by atomic mass is 35.5. The maximum absolute atomic E-state index is 13.9. The van der Waals surface area contributed by atoms with Gasteiger partial charge in [0.1, 0.15) is 11.6 Å². The molecule has 0 spiro atoms. The molecule has 0 aliphatic carbocycles. The molecule has 1 unspecified atom stereocenters. The van der Waals surface area contributed by atoms with Gasteiger partial charge in [0.05, 0.1) is 16.6 Å². The summed E-state index contributed by atoms with van der Waals surface area (Å²) in [6.07, 6.45) is 2.94. The first kappa shape index (κ1) is 26.9. The van der Waals surface area contributed by atoms with Gasteiger partial charge < -0.3 is 9.80 Å². The largest absolute Gasteiger partial charge is 0.368 e. The number of halogens is 2. The standard InChI is InChI=1S/C31H32ClFN4O2/c1-2-3-7-22(30(38)36-18-16-35(17-19-36)25-14-12-24(33)13-15-25)20-29-34-28-11-5-4-10-27(28)31(39)37(29)26-9-6-8-23(32)21-26/h4-6,8-15,21-22H,2-3,7,16-20H2,1H3. The Morgan fingerprint density at radius 1 is 0.974 bits per heavy atom. The first-order valence-corrected chi connectivity index (χ1v) is 13.9. The molecule has 5 rings (SSSR count). The van der Waals surface area contributed by atoms with E-state index in [1.807, 2.05) is 35.2 Å². The van der Waals surface area contributed by atoms with Crippen LogP contribution >= 0.6 is 11.6 Å². The molecule has 3 aromatic carbocycles. The third kappa shape index (κ3) is 5.98. The van der Waals surface area contributed by atoms with Gasteiger partial charge in [-0.2, -0.15) is 0 Å². The highest BCUT2D eigenvalue weighted by Gasteiger charge is 2.29. The summed E-state index contributed by atoms with van der Waals surface area (Å²) in [5.41, 5.74) is 2.03. The lowest BCUT2D eigenvalue weighted by Gasteiger charge is -2.37. The van der Waals surface area contributed by atoms with Gasteiger partial charge in [0, 0.05) is 49.2 Å². The smallest absolute Gasteiger partial charge is 0.265 e. The van der Waals surface area contributed by atoms with E-state index in [1.54, 1.807) is 34.9 Å². The van der Waals surface area contributed by atoms with Crippen molar-refractivity contribution in [2.24, 2.45) is 5.92 Å². The van der Waals surface area contributed by atoms with E-state index < -0.39 is 0 Å². The van der Waals surface area contributed by atoms with Crippen LogP contribution in [0.2, 0.25) is 5.02 Å². The molecule has 1 aliphatic heterocycles. The van der Waals surface area contributed by atoms with Crippen molar-refractivity contribution < 1.29 is 9.18 Å². The number of hydrogen-bond donors (Lipinski definition) is 0. The minimum absolute atomic E-state index is 0.0854. The third-order valence-electron chi connectivity index (χ3n) is 7.38. The lowest BCUT2D eigenvalue weighted by molar-refractivity contribution is -0.136. The second-order valence-electron chi connectivity index (χ2n) is 10.00. The Balaban J connectivity index is 1.43. The molecule has 1 aromatic heterocycles. The molecule has 1 atom stereocenters. The monoisotopic (exact) mass is 546 g/mol. The van der Waals surface area contributed by atoms with Gasteiger partial charge in [-0.05, 0) is 61.0 Å². The molecule has 1 aliphatic rings. The minimum Gasteiger partial charge on any atom is -0.368 e. The predicted molar refractivity (Wildman–Crippen MR) is 154 cm³/mol. The maximum atomic E-state index is 13.9. The fraction of sp³-hybridized carbons (Fsp3) is 0.323. The molecule has 39 heavy (non-hydrogen) atoms. The van der Waals surface area contributed by atoms with E-state index in [9.17, 15) is 14.0 Å². The molecule has 2 heterocycles. The van der Waals surface area contributed by atoms with Crippen LogP contribution in [0.3, 0.4) is 0 Å². The van der Waals surface area contributed by atoms with Gasteiger partial charge in [-0.25, -0.2) is 9.37 Å². The van der Waals surface area contributed by atoms with Crippen LogP contribution in [0, 0.1) is 11.7 Å². The summed E-state index contributed by atoms with van der Waals surface area (Å²) in [5.74, 6) is 0.0772. The van der Waals surface area contributed by atoms with Crippen molar-refractivity contribution in [3.63, 3.8) is 0 Å². The van der Waals surface area contributed by atoms with Crippen molar-refractivity contribution in [1.29, 1.82) is 0 Å². The zero-order chi connectivity index (χ0) is 27.4. The molecule has 1 amide bonds. The molecule has 202 valence electrons. The molecule has 0 saturated carbocycles. The summed E-state index contributed by atoms with van der Waals surface area (Å²) in [6.45, 7) is 4.65. The Hall–Kier alpha value is -3.71. The highest BCUT2D eigenvalue weighted by Crippen LogP contribution is 2.24. The van der Waals surface area contributed by atoms with E-state index in [0.717, 1.165) is 18.5 Å². The molecule has 0 bridgehead atoms. The summed E-state index contributed by atoms with van der Waals surface area (Å²) in [6, 6.07) is 20.9. The number of carbonyl (C=O) groups is 1. The fourth-order valence-electron chi connectivity index (χ4n) is 5.28. The first-order valence-electron chi connectivity index (χ1n) is 13.5. The van der Waals surface area contributed by atoms with Gasteiger partial charge in [-0.1, -0.05) is 49.6 Å². The van der Waals surface area contributed by atoms with Crippen molar-refractivity contribution in [2.75, 3.05) is 31.1 Å². The van der Waals surface area contributed by atoms with Gasteiger partial charge in [0.25, 0.3) is 5.56 Å². The molecule has 4 aromatic rings. The summed E-state index contributed by atoms with van der Waals surface area (Å²) < 4.78 is 15.0. The number of benzene rings is 3. The zero-order valence-corrected chi connectivity index (χ0v) is 22.8. The number of amides is 1. The van der Waals surface area contributed by atoms with Gasteiger partial charge in [-0.15, -0.1) is 0 Å². The summed E-state index contributed by atoms with van der Waals surface area (Å²) in [7, 11) is 0. The zero-order valence-electron chi connectivity index (χ0n) is 22.0. The van der Waals surface area contributed by atoms with Crippen LogP contribution in [-0.2, 0) is 11.2 Å². The van der Waals surface area contributed by atoms with Crippen molar-refractivity contribution in [2.45, 2.75) is 32.6 Å². The second-order valence-corrected chi connectivity index (χ2v) is 10.4. The van der Waals surface area contributed by atoms with E-state index in [2.05, 4.69) is 11.8 Å². The van der Waals surface area contributed by atoms with E-state index in [4.69, 9.17) is 16.6 Å². The molecule has 8 heteroatoms. The molecule has 0 radical (unpaired) electrons. The Morgan fingerprint density at radius 2 is 1.72 bits per heavy atom. The van der Waals surface area contributed by atoms with Crippen molar-refractivity contribution in [1.82, 2.24) is 14.5 Å². The number of fused-ring (bicyclic) bond motifs is 1. The quantitative estimate of drug-likeness (QED) is 0.277. The minimum atomic E-state index is -0.305. The normalized spacial score (nSPS) is 14.5. The van der Waals surface area contributed by atoms with Crippen molar-refractivity contribution >= 4 is 34.1 Å². The molecule has 6 nitrogen and oxygen atoms in total. The summed E-state index contributed by atoms with van der Waals surface area (Å²) >= 11 is 6.29. The van der Waals surface area contributed by atoms with Crippen LogP contribution in [0.25, 0.3) is 16.6 Å². The average molecular weight is 547 g/mol. The predicted octanol–water partition coefficient (Wildman–Crippen LogP) is 5.88. The summed E-state index contributed by atoms with van der Waals surface area (Å²) in [4.78, 5) is 36.5. The van der Waals surface area contributed by atoms with Crippen LogP contribution in [0.15, 0.2) is 77.6 Å². The number of carbonyl (C=O) groups excluding carboxylic acids is 1. The van der Waals surface area contributed by atoms with Gasteiger partial charge in [0.2, 0.25) is 5.91 Å². The average Bonchev–Trinajstić information content (AvgIpc) is 2.95. The van der Waals surface area contributed by atoms with Gasteiger partial charge >= 0.3 is 0 Å². The van der Waals surface area contributed by atoms with E-state index >= 15 is 0 Å². The lowest BCUT2D eigenvalue weighted by atomic mass is 9.95.